The zero-order valence-corrected chi connectivity index (χ0v) is 16.0. The molecular formula is C19H18N6O4. The van der Waals surface area contributed by atoms with Gasteiger partial charge in [0, 0.05) is 13.2 Å². The second-order valence-corrected chi connectivity index (χ2v) is 6.07. The maximum absolute atomic E-state index is 12.1. The molecule has 2 aromatic heterocycles. The van der Waals surface area contributed by atoms with Crippen molar-refractivity contribution in [2.45, 2.75) is 6.92 Å². The van der Waals surface area contributed by atoms with Crippen LogP contribution in [-0.2, 0) is 4.74 Å². The molecule has 0 unspecified atom stereocenters. The van der Waals surface area contributed by atoms with Crippen LogP contribution in [-0.4, -0.2) is 40.0 Å². The Morgan fingerprint density at radius 3 is 2.59 bits per heavy atom. The summed E-state index contributed by atoms with van der Waals surface area (Å²) >= 11 is 0. The summed E-state index contributed by atoms with van der Waals surface area (Å²) in [5, 5.41) is 14.7. The Balaban J connectivity index is 2.07. The fourth-order valence-electron chi connectivity index (χ4n) is 2.70. The van der Waals surface area contributed by atoms with E-state index in [4.69, 9.17) is 4.74 Å². The molecule has 1 N–H and O–H groups in total. The number of nitrogens with zero attached hydrogens (tertiary/aromatic N) is 5. The molecule has 0 saturated carbocycles. The number of nitro groups is 1. The van der Waals surface area contributed by atoms with E-state index in [-0.39, 0.29) is 22.9 Å². The molecule has 0 atom stereocenters. The van der Waals surface area contributed by atoms with Gasteiger partial charge in [-0.2, -0.15) is 0 Å². The van der Waals surface area contributed by atoms with Crippen LogP contribution in [0, 0.1) is 17.0 Å². The second kappa shape index (κ2) is 8.30. The number of aryl methyl sites for hydroxylation is 1. The number of para-hydroxylation sites is 1. The number of carbonyl (C=O) groups is 1. The van der Waals surface area contributed by atoms with Gasteiger partial charge in [-0.1, -0.05) is 18.2 Å². The minimum absolute atomic E-state index is 0.0102. The average Bonchev–Trinajstić information content (AvgIpc) is 2.74. The van der Waals surface area contributed by atoms with Crippen LogP contribution < -0.4 is 10.2 Å². The van der Waals surface area contributed by atoms with Gasteiger partial charge in [0.25, 0.3) is 0 Å². The van der Waals surface area contributed by atoms with Crippen LogP contribution in [0.15, 0.2) is 48.9 Å². The third-order valence-electron chi connectivity index (χ3n) is 4.13. The van der Waals surface area contributed by atoms with Gasteiger partial charge in [0.1, 0.15) is 12.1 Å². The maximum Gasteiger partial charge on any atom is 0.354 e. The summed E-state index contributed by atoms with van der Waals surface area (Å²) in [6, 6.07) is 10.1. The van der Waals surface area contributed by atoms with Gasteiger partial charge in [-0.25, -0.2) is 19.7 Å². The monoisotopic (exact) mass is 394 g/mol. The second-order valence-electron chi connectivity index (χ2n) is 6.07. The number of benzene rings is 1. The quantitative estimate of drug-likeness (QED) is 0.380. The Bertz CT molecular complexity index is 1050. The molecule has 0 saturated heterocycles. The lowest BCUT2D eigenvalue weighted by atomic mass is 10.1. The van der Waals surface area contributed by atoms with Crippen molar-refractivity contribution in [2.24, 2.45) is 0 Å². The first-order valence-corrected chi connectivity index (χ1v) is 8.52. The molecule has 2 heterocycles. The highest BCUT2D eigenvalue weighted by Crippen LogP contribution is 2.37. The molecule has 29 heavy (non-hydrogen) atoms. The zero-order chi connectivity index (χ0) is 21.0. The lowest BCUT2D eigenvalue weighted by molar-refractivity contribution is -0.383. The Morgan fingerprint density at radius 2 is 1.93 bits per heavy atom. The van der Waals surface area contributed by atoms with Crippen molar-refractivity contribution in [2.75, 3.05) is 24.4 Å². The predicted octanol–water partition coefficient (Wildman–Crippen LogP) is 3.39. The molecule has 3 rings (SSSR count). The first-order valence-electron chi connectivity index (χ1n) is 8.52. The average molecular weight is 394 g/mol. The summed E-state index contributed by atoms with van der Waals surface area (Å²) < 4.78 is 4.80. The van der Waals surface area contributed by atoms with Gasteiger partial charge in [0.05, 0.1) is 23.3 Å². The van der Waals surface area contributed by atoms with E-state index in [1.807, 2.05) is 13.0 Å². The third kappa shape index (κ3) is 4.10. The Hall–Kier alpha value is -4.08. The lowest BCUT2D eigenvalue weighted by Gasteiger charge is -2.21. The smallest absolute Gasteiger partial charge is 0.354 e. The molecule has 1 aromatic carbocycles. The van der Waals surface area contributed by atoms with Gasteiger partial charge >= 0.3 is 11.7 Å². The van der Waals surface area contributed by atoms with Crippen molar-refractivity contribution in [3.05, 3.63) is 70.2 Å². The molecule has 0 aliphatic heterocycles. The van der Waals surface area contributed by atoms with E-state index < -0.39 is 10.9 Å². The summed E-state index contributed by atoms with van der Waals surface area (Å²) in [7, 11) is 2.84. The minimum Gasteiger partial charge on any atom is -0.465 e. The van der Waals surface area contributed by atoms with E-state index in [2.05, 4.69) is 20.3 Å². The van der Waals surface area contributed by atoms with Crippen LogP contribution in [0.25, 0.3) is 0 Å². The van der Waals surface area contributed by atoms with Gasteiger partial charge < -0.3 is 15.0 Å². The van der Waals surface area contributed by atoms with E-state index in [1.54, 1.807) is 43.6 Å². The number of rotatable bonds is 6. The molecule has 10 nitrogen and oxygen atoms in total. The fraction of sp³-hybridized carbons (Fsp3) is 0.158. The number of anilines is 4. The number of esters is 1. The van der Waals surface area contributed by atoms with Crippen molar-refractivity contribution in [1.29, 1.82) is 0 Å². The Morgan fingerprint density at radius 1 is 1.17 bits per heavy atom. The number of nitrogens with one attached hydrogen (secondary N) is 1. The van der Waals surface area contributed by atoms with E-state index >= 15 is 0 Å². The van der Waals surface area contributed by atoms with Crippen LogP contribution in [0.4, 0.5) is 28.8 Å². The lowest BCUT2D eigenvalue weighted by Crippen LogP contribution is -2.18. The highest BCUT2D eigenvalue weighted by molar-refractivity contribution is 5.97. The summed E-state index contributed by atoms with van der Waals surface area (Å²) in [5.41, 5.74) is 1.25. The highest BCUT2D eigenvalue weighted by atomic mass is 16.6. The molecule has 0 aliphatic carbocycles. The molecule has 0 amide bonds. The van der Waals surface area contributed by atoms with E-state index in [0.717, 1.165) is 5.56 Å². The van der Waals surface area contributed by atoms with Gasteiger partial charge in [-0.15, -0.1) is 0 Å². The highest BCUT2D eigenvalue weighted by Gasteiger charge is 2.28. The largest absolute Gasteiger partial charge is 0.465 e. The van der Waals surface area contributed by atoms with Gasteiger partial charge in [0.2, 0.25) is 11.6 Å². The fourth-order valence-corrected chi connectivity index (χ4v) is 2.70. The molecule has 0 fully saturated rings. The number of hydrogen-bond acceptors (Lipinski definition) is 9. The van der Waals surface area contributed by atoms with Gasteiger partial charge in [-0.3, -0.25) is 10.1 Å². The predicted molar refractivity (Wildman–Crippen MR) is 107 cm³/mol. The van der Waals surface area contributed by atoms with Crippen molar-refractivity contribution >= 4 is 34.8 Å². The van der Waals surface area contributed by atoms with Gasteiger partial charge in [0.15, 0.2) is 0 Å². The first-order chi connectivity index (χ1) is 13.9. The van der Waals surface area contributed by atoms with Crippen LogP contribution >= 0.6 is 0 Å². The number of hydrogen-bond donors (Lipinski definition) is 1. The number of aromatic nitrogens is 3. The molecular weight excluding hydrogens is 376 g/mol. The van der Waals surface area contributed by atoms with Gasteiger partial charge in [-0.05, 0) is 30.7 Å². The van der Waals surface area contributed by atoms with Crippen LogP contribution in [0.2, 0.25) is 0 Å². The molecule has 0 aliphatic rings. The molecule has 0 spiro atoms. The molecule has 3 aromatic rings. The Labute approximate surface area is 166 Å². The SMILES string of the molecule is COC(=O)c1ccccc1N(C)c1ncnc(Nc2ccc(C)cn2)c1[N+](=O)[O-]. The van der Waals surface area contributed by atoms with Crippen molar-refractivity contribution in [3.63, 3.8) is 0 Å². The summed E-state index contributed by atoms with van der Waals surface area (Å²) in [6.45, 7) is 1.88. The third-order valence-corrected chi connectivity index (χ3v) is 4.13. The number of methoxy groups -OCH3 is 1. The standard InChI is InChI=1S/C19H18N6O4/c1-12-8-9-15(20-10-12)23-17-16(25(27)28)18(22-11-21-17)24(2)14-7-5-4-6-13(14)19(26)29-3/h4-11H,1-3H3,(H,20,21,22,23). The van der Waals surface area contributed by atoms with Crippen LogP contribution in [0.5, 0.6) is 0 Å². The zero-order valence-electron chi connectivity index (χ0n) is 16.0. The van der Waals surface area contributed by atoms with Crippen LogP contribution in [0.3, 0.4) is 0 Å². The summed E-state index contributed by atoms with van der Waals surface area (Å²) in [5.74, 6) is -0.165. The van der Waals surface area contributed by atoms with E-state index in [9.17, 15) is 14.9 Å². The van der Waals surface area contributed by atoms with E-state index in [1.165, 1.54) is 18.3 Å². The normalized spacial score (nSPS) is 10.3. The number of carbonyl (C=O) groups excluding carboxylic acids is 1. The summed E-state index contributed by atoms with van der Waals surface area (Å²) in [4.78, 5) is 37.1. The molecule has 148 valence electrons. The van der Waals surface area contributed by atoms with Crippen molar-refractivity contribution in [3.8, 4) is 0 Å². The number of ether oxygens (including phenoxy) is 1. The molecule has 0 bridgehead atoms. The summed E-state index contributed by atoms with van der Waals surface area (Å²) in [6.07, 6.45) is 2.84. The van der Waals surface area contributed by atoms with Crippen molar-refractivity contribution in [1.82, 2.24) is 15.0 Å². The minimum atomic E-state index is -0.580. The molecule has 10 heteroatoms. The van der Waals surface area contributed by atoms with E-state index in [0.29, 0.717) is 11.5 Å². The molecule has 0 radical (unpaired) electrons. The first kappa shape index (κ1) is 19.7. The number of pyridine rings is 1. The van der Waals surface area contributed by atoms with Crippen molar-refractivity contribution < 1.29 is 14.5 Å². The maximum atomic E-state index is 12.1. The topological polar surface area (TPSA) is 123 Å². The van der Waals surface area contributed by atoms with Crippen LogP contribution in [0.1, 0.15) is 15.9 Å². The Kier molecular flexibility index (Phi) is 5.63.